The van der Waals surface area contributed by atoms with Gasteiger partial charge in [-0.1, -0.05) is 0 Å². The van der Waals surface area contributed by atoms with Gasteiger partial charge in [0.2, 0.25) is 0 Å². The average molecular weight is 284 g/mol. The van der Waals surface area contributed by atoms with E-state index in [1.165, 1.54) is 0 Å². The van der Waals surface area contributed by atoms with Gasteiger partial charge in [-0.3, -0.25) is 9.78 Å². The quantitative estimate of drug-likeness (QED) is 0.861. The number of piperidine rings is 1. The van der Waals surface area contributed by atoms with Crippen LogP contribution in [0.5, 0.6) is 0 Å². The Morgan fingerprint density at radius 2 is 2.44 bits per heavy atom. The van der Waals surface area contributed by atoms with Gasteiger partial charge in [0.05, 0.1) is 5.56 Å². The number of nitrogens with zero attached hydrogens (tertiary/aromatic N) is 1. The molecule has 2 N–H and O–H groups in total. The van der Waals surface area contributed by atoms with E-state index in [-0.39, 0.29) is 11.9 Å². The smallest absolute Gasteiger partial charge is 0.253 e. The first-order valence-electron chi connectivity index (χ1n) is 5.38. The van der Waals surface area contributed by atoms with Crippen molar-refractivity contribution in [3.63, 3.8) is 0 Å². The molecule has 5 heteroatoms. The van der Waals surface area contributed by atoms with E-state index in [4.69, 9.17) is 0 Å². The van der Waals surface area contributed by atoms with Crippen molar-refractivity contribution in [2.45, 2.75) is 18.9 Å². The molecule has 2 rings (SSSR count). The van der Waals surface area contributed by atoms with Crippen LogP contribution >= 0.6 is 15.9 Å². The third-order valence-electron chi connectivity index (χ3n) is 2.60. The standard InChI is InChI=1S/C11H14BrN3O/c12-9-4-8(5-14-6-9)11(16)15-10-2-1-3-13-7-10/h4-6,10,13H,1-3,7H2,(H,15,16)/t10-/m0/s1. The first-order valence-corrected chi connectivity index (χ1v) is 6.17. The number of hydrogen-bond acceptors (Lipinski definition) is 3. The Labute approximate surface area is 103 Å². The van der Waals surface area contributed by atoms with Gasteiger partial charge in [0.15, 0.2) is 0 Å². The molecule has 1 aromatic heterocycles. The number of nitrogens with one attached hydrogen (secondary N) is 2. The first-order chi connectivity index (χ1) is 7.75. The summed E-state index contributed by atoms with van der Waals surface area (Å²) in [5.41, 5.74) is 0.597. The second-order valence-corrected chi connectivity index (χ2v) is 4.82. The summed E-state index contributed by atoms with van der Waals surface area (Å²) in [6.45, 7) is 1.90. The molecule has 0 aromatic carbocycles. The highest BCUT2D eigenvalue weighted by Gasteiger charge is 2.16. The molecule has 1 saturated heterocycles. The molecule has 1 aromatic rings. The highest BCUT2D eigenvalue weighted by Crippen LogP contribution is 2.10. The molecule has 0 unspecified atom stereocenters. The van der Waals surface area contributed by atoms with E-state index < -0.39 is 0 Å². The molecule has 2 heterocycles. The van der Waals surface area contributed by atoms with E-state index in [9.17, 15) is 4.79 Å². The maximum atomic E-state index is 11.9. The maximum absolute atomic E-state index is 11.9. The van der Waals surface area contributed by atoms with Gasteiger partial charge in [-0.2, -0.15) is 0 Å². The number of hydrogen-bond donors (Lipinski definition) is 2. The number of halogens is 1. The Morgan fingerprint density at radius 1 is 1.56 bits per heavy atom. The van der Waals surface area contributed by atoms with Gasteiger partial charge in [-0.05, 0) is 41.4 Å². The van der Waals surface area contributed by atoms with Crippen LogP contribution in [-0.2, 0) is 0 Å². The van der Waals surface area contributed by atoms with Crippen LogP contribution in [0, 0.1) is 0 Å². The van der Waals surface area contributed by atoms with E-state index in [1.807, 2.05) is 0 Å². The summed E-state index contributed by atoms with van der Waals surface area (Å²) >= 11 is 3.30. The molecule has 0 aliphatic carbocycles. The Bertz CT molecular complexity index is 377. The fourth-order valence-electron chi connectivity index (χ4n) is 1.78. The van der Waals surface area contributed by atoms with Crippen LogP contribution in [0.1, 0.15) is 23.2 Å². The number of rotatable bonds is 2. The predicted octanol–water partition coefficient (Wildman–Crippen LogP) is 1.33. The fraction of sp³-hybridized carbons (Fsp3) is 0.455. The zero-order valence-electron chi connectivity index (χ0n) is 8.87. The summed E-state index contributed by atoms with van der Waals surface area (Å²) in [6.07, 6.45) is 5.40. The Hall–Kier alpha value is -0.940. The third-order valence-corrected chi connectivity index (χ3v) is 3.03. The number of pyridine rings is 1. The normalized spacial score (nSPS) is 20.4. The van der Waals surface area contributed by atoms with Crippen molar-refractivity contribution in [2.75, 3.05) is 13.1 Å². The van der Waals surface area contributed by atoms with Crippen LogP contribution in [-0.4, -0.2) is 30.0 Å². The van der Waals surface area contributed by atoms with Gasteiger partial charge in [0.1, 0.15) is 0 Å². The molecule has 1 atom stereocenters. The molecular formula is C11H14BrN3O. The monoisotopic (exact) mass is 283 g/mol. The average Bonchev–Trinajstić information content (AvgIpc) is 2.30. The Morgan fingerprint density at radius 3 is 3.12 bits per heavy atom. The van der Waals surface area contributed by atoms with E-state index in [1.54, 1.807) is 18.5 Å². The van der Waals surface area contributed by atoms with Crippen molar-refractivity contribution in [1.82, 2.24) is 15.6 Å². The highest BCUT2D eigenvalue weighted by atomic mass is 79.9. The summed E-state index contributed by atoms with van der Waals surface area (Å²) in [5, 5.41) is 6.26. The minimum Gasteiger partial charge on any atom is -0.348 e. The van der Waals surface area contributed by atoms with Crippen LogP contribution in [0.4, 0.5) is 0 Å². The second-order valence-electron chi connectivity index (χ2n) is 3.91. The number of amides is 1. The van der Waals surface area contributed by atoms with Crippen molar-refractivity contribution >= 4 is 21.8 Å². The second kappa shape index (κ2) is 5.41. The Balaban J connectivity index is 1.97. The molecule has 86 valence electrons. The van der Waals surface area contributed by atoms with Crippen LogP contribution in [0.3, 0.4) is 0 Å². The lowest BCUT2D eigenvalue weighted by atomic mass is 10.1. The molecule has 1 aliphatic heterocycles. The van der Waals surface area contributed by atoms with Crippen LogP contribution < -0.4 is 10.6 Å². The molecular weight excluding hydrogens is 270 g/mol. The summed E-state index contributed by atoms with van der Waals surface area (Å²) in [7, 11) is 0. The first kappa shape index (κ1) is 11.5. The van der Waals surface area contributed by atoms with Gasteiger partial charge in [0.25, 0.3) is 5.91 Å². The van der Waals surface area contributed by atoms with Crippen molar-refractivity contribution in [3.8, 4) is 0 Å². The number of aromatic nitrogens is 1. The lowest BCUT2D eigenvalue weighted by molar-refractivity contribution is 0.0930. The van der Waals surface area contributed by atoms with Crippen molar-refractivity contribution in [1.29, 1.82) is 0 Å². The number of carbonyl (C=O) groups excluding carboxylic acids is 1. The van der Waals surface area contributed by atoms with Gasteiger partial charge in [-0.15, -0.1) is 0 Å². The molecule has 1 amide bonds. The molecule has 1 fully saturated rings. The van der Waals surface area contributed by atoms with Gasteiger partial charge < -0.3 is 10.6 Å². The van der Waals surface area contributed by atoms with Crippen molar-refractivity contribution < 1.29 is 4.79 Å². The molecule has 16 heavy (non-hydrogen) atoms. The zero-order chi connectivity index (χ0) is 11.4. The van der Waals surface area contributed by atoms with Gasteiger partial charge in [0, 0.05) is 29.5 Å². The van der Waals surface area contributed by atoms with E-state index in [0.29, 0.717) is 5.56 Å². The predicted molar refractivity (Wildman–Crippen MR) is 65.3 cm³/mol. The fourth-order valence-corrected chi connectivity index (χ4v) is 2.14. The maximum Gasteiger partial charge on any atom is 0.253 e. The summed E-state index contributed by atoms with van der Waals surface area (Å²) in [6, 6.07) is 2.01. The lowest BCUT2D eigenvalue weighted by Gasteiger charge is -2.23. The summed E-state index contributed by atoms with van der Waals surface area (Å²) in [4.78, 5) is 15.8. The van der Waals surface area contributed by atoms with Crippen molar-refractivity contribution in [3.05, 3.63) is 28.5 Å². The van der Waals surface area contributed by atoms with E-state index in [2.05, 4.69) is 31.5 Å². The number of carbonyl (C=O) groups is 1. The SMILES string of the molecule is O=C(N[C@H]1CCCNC1)c1cncc(Br)c1. The zero-order valence-corrected chi connectivity index (χ0v) is 10.5. The van der Waals surface area contributed by atoms with Crippen molar-refractivity contribution in [2.24, 2.45) is 0 Å². The van der Waals surface area contributed by atoms with Gasteiger partial charge in [-0.25, -0.2) is 0 Å². The largest absolute Gasteiger partial charge is 0.348 e. The molecule has 0 saturated carbocycles. The summed E-state index contributed by atoms with van der Waals surface area (Å²) < 4.78 is 0.821. The molecule has 0 radical (unpaired) electrons. The Kier molecular flexibility index (Phi) is 3.90. The lowest BCUT2D eigenvalue weighted by Crippen LogP contribution is -2.45. The van der Waals surface area contributed by atoms with Gasteiger partial charge >= 0.3 is 0 Å². The molecule has 1 aliphatic rings. The van der Waals surface area contributed by atoms with Crippen LogP contribution in [0.15, 0.2) is 22.9 Å². The van der Waals surface area contributed by atoms with E-state index in [0.717, 1.165) is 30.4 Å². The minimum atomic E-state index is -0.0532. The topological polar surface area (TPSA) is 54.0 Å². The molecule has 0 spiro atoms. The molecule has 0 bridgehead atoms. The summed E-state index contributed by atoms with van der Waals surface area (Å²) in [5.74, 6) is -0.0532. The third kappa shape index (κ3) is 3.02. The minimum absolute atomic E-state index is 0.0532. The van der Waals surface area contributed by atoms with E-state index >= 15 is 0 Å². The van der Waals surface area contributed by atoms with Crippen LogP contribution in [0.25, 0.3) is 0 Å². The molecule has 4 nitrogen and oxygen atoms in total. The van der Waals surface area contributed by atoms with Crippen LogP contribution in [0.2, 0.25) is 0 Å². The highest BCUT2D eigenvalue weighted by molar-refractivity contribution is 9.10.